The van der Waals surface area contributed by atoms with Crippen molar-refractivity contribution in [2.75, 3.05) is 19.7 Å². The van der Waals surface area contributed by atoms with E-state index in [0.717, 1.165) is 24.2 Å². The zero-order chi connectivity index (χ0) is 22.8. The molecule has 0 aliphatic heterocycles. The fourth-order valence-corrected chi connectivity index (χ4v) is 3.17. The number of aliphatic imine (C=N–C) groups is 1. The minimum Gasteiger partial charge on any atom is -0.493 e. The molecule has 0 fully saturated rings. The number of benzene rings is 1. The number of halogens is 2. The Balaban J connectivity index is 2.07. The van der Waals surface area contributed by atoms with E-state index in [-0.39, 0.29) is 12.3 Å². The molecule has 1 heterocycles. The number of nitrogens with zero attached hydrogens (tertiary/aromatic N) is 3. The molecule has 0 saturated carbocycles. The lowest BCUT2D eigenvalue weighted by atomic mass is 10.1. The number of aromatic nitrogens is 2. The van der Waals surface area contributed by atoms with Crippen LogP contribution in [0.15, 0.2) is 23.2 Å². The highest BCUT2D eigenvalue weighted by Gasteiger charge is 2.12. The van der Waals surface area contributed by atoms with Crippen LogP contribution in [0, 0.1) is 13.8 Å². The van der Waals surface area contributed by atoms with E-state index in [9.17, 15) is 8.78 Å². The summed E-state index contributed by atoms with van der Waals surface area (Å²) >= 11 is 0. The highest BCUT2D eigenvalue weighted by molar-refractivity contribution is 5.79. The van der Waals surface area contributed by atoms with Crippen molar-refractivity contribution in [3.63, 3.8) is 0 Å². The molecule has 0 amide bonds. The second kappa shape index (κ2) is 12.1. The third kappa shape index (κ3) is 7.41. The van der Waals surface area contributed by atoms with E-state index in [1.807, 2.05) is 39.4 Å². The summed E-state index contributed by atoms with van der Waals surface area (Å²) in [6, 6.07) is 4.94. The number of guanidine groups is 1. The fourth-order valence-electron chi connectivity index (χ4n) is 3.17. The molecule has 0 radical (unpaired) electrons. The van der Waals surface area contributed by atoms with Crippen molar-refractivity contribution in [1.82, 2.24) is 20.4 Å². The summed E-state index contributed by atoms with van der Waals surface area (Å²) in [5.41, 5.74) is 3.92. The first-order valence-electron chi connectivity index (χ1n) is 10.6. The number of ether oxygens (including phenoxy) is 2. The molecule has 0 unspecified atom stereocenters. The van der Waals surface area contributed by atoms with Crippen LogP contribution in [0.25, 0.3) is 0 Å². The second-order valence-corrected chi connectivity index (χ2v) is 7.14. The Labute approximate surface area is 182 Å². The minimum atomic E-state index is -2.92. The van der Waals surface area contributed by atoms with E-state index < -0.39 is 6.61 Å². The van der Waals surface area contributed by atoms with Gasteiger partial charge in [0.25, 0.3) is 0 Å². The first kappa shape index (κ1) is 24.4. The molecule has 0 saturated heterocycles. The standard InChI is InChI=1S/C22H33F2N5O2/c1-6-12-30-18-9-8-17(20(13-18)31-21(23)24)14-27-22(25-7-2)26-11-10-19-15(3)28-29(5)16(19)4/h8-9,13,21H,6-7,10-12,14H2,1-5H3,(H2,25,26,27). The zero-order valence-corrected chi connectivity index (χ0v) is 19.0. The molecule has 0 bridgehead atoms. The molecule has 9 heteroatoms. The van der Waals surface area contributed by atoms with Gasteiger partial charge in [0.15, 0.2) is 5.96 Å². The van der Waals surface area contributed by atoms with Crippen molar-refractivity contribution in [1.29, 1.82) is 0 Å². The lowest BCUT2D eigenvalue weighted by molar-refractivity contribution is -0.0505. The largest absolute Gasteiger partial charge is 0.493 e. The quantitative estimate of drug-likeness (QED) is 0.414. The summed E-state index contributed by atoms with van der Waals surface area (Å²) in [6.45, 7) is 7.13. The van der Waals surface area contributed by atoms with Gasteiger partial charge >= 0.3 is 6.61 Å². The van der Waals surface area contributed by atoms with Gasteiger partial charge in [-0.15, -0.1) is 0 Å². The second-order valence-electron chi connectivity index (χ2n) is 7.14. The molecule has 0 atom stereocenters. The van der Waals surface area contributed by atoms with Crippen molar-refractivity contribution < 1.29 is 18.3 Å². The average molecular weight is 438 g/mol. The molecule has 1 aromatic carbocycles. The number of aryl methyl sites for hydroxylation is 2. The molecule has 2 N–H and O–H groups in total. The van der Waals surface area contributed by atoms with Gasteiger partial charge < -0.3 is 20.1 Å². The van der Waals surface area contributed by atoms with Crippen molar-refractivity contribution in [3.05, 3.63) is 40.7 Å². The van der Waals surface area contributed by atoms with Crippen molar-refractivity contribution in [3.8, 4) is 11.5 Å². The summed E-state index contributed by atoms with van der Waals surface area (Å²) in [7, 11) is 1.93. The summed E-state index contributed by atoms with van der Waals surface area (Å²) in [5.74, 6) is 1.18. The van der Waals surface area contributed by atoms with Crippen LogP contribution in [0.2, 0.25) is 0 Å². The topological polar surface area (TPSA) is 72.7 Å². The summed E-state index contributed by atoms with van der Waals surface area (Å²) in [4.78, 5) is 4.53. The van der Waals surface area contributed by atoms with Crippen LogP contribution in [-0.4, -0.2) is 42.0 Å². The first-order valence-corrected chi connectivity index (χ1v) is 10.6. The summed E-state index contributed by atoms with van der Waals surface area (Å²) in [6.07, 6.45) is 1.63. The molecule has 1 aromatic heterocycles. The molecule has 2 rings (SSSR count). The van der Waals surface area contributed by atoms with Crippen LogP contribution >= 0.6 is 0 Å². The van der Waals surface area contributed by atoms with Crippen LogP contribution in [0.3, 0.4) is 0 Å². The predicted octanol–water partition coefficient (Wildman–Crippen LogP) is 3.72. The number of hydrogen-bond donors (Lipinski definition) is 2. The Hall–Kier alpha value is -2.84. The number of nitrogens with one attached hydrogen (secondary N) is 2. The van der Waals surface area contributed by atoms with Gasteiger partial charge in [0.05, 0.1) is 18.8 Å². The smallest absolute Gasteiger partial charge is 0.387 e. The van der Waals surface area contributed by atoms with Gasteiger partial charge in [-0.25, -0.2) is 4.99 Å². The van der Waals surface area contributed by atoms with Crippen LogP contribution in [0.5, 0.6) is 11.5 Å². The normalized spacial score (nSPS) is 11.7. The maximum absolute atomic E-state index is 12.9. The predicted molar refractivity (Wildman–Crippen MR) is 118 cm³/mol. The minimum absolute atomic E-state index is 0.0739. The molecule has 0 spiro atoms. The maximum Gasteiger partial charge on any atom is 0.387 e. The lowest BCUT2D eigenvalue weighted by Gasteiger charge is -2.14. The molecule has 0 aliphatic carbocycles. The van der Waals surface area contributed by atoms with Gasteiger partial charge in [-0.3, -0.25) is 4.68 Å². The molecule has 172 valence electrons. The third-order valence-corrected chi connectivity index (χ3v) is 4.81. The molecule has 7 nitrogen and oxygen atoms in total. The molecule has 2 aromatic rings. The Bertz CT molecular complexity index is 868. The highest BCUT2D eigenvalue weighted by atomic mass is 19.3. The maximum atomic E-state index is 12.9. The van der Waals surface area contributed by atoms with E-state index in [4.69, 9.17) is 9.47 Å². The van der Waals surface area contributed by atoms with E-state index in [0.29, 0.717) is 37.0 Å². The highest BCUT2D eigenvalue weighted by Crippen LogP contribution is 2.27. The number of rotatable bonds is 11. The van der Waals surface area contributed by atoms with Gasteiger partial charge in [0, 0.05) is 37.5 Å². The van der Waals surface area contributed by atoms with Gasteiger partial charge in [-0.1, -0.05) is 6.92 Å². The van der Waals surface area contributed by atoms with Gasteiger partial charge in [-0.05, 0) is 51.3 Å². The first-order chi connectivity index (χ1) is 14.8. The Morgan fingerprint density at radius 3 is 2.61 bits per heavy atom. The van der Waals surface area contributed by atoms with Crippen LogP contribution < -0.4 is 20.1 Å². The summed E-state index contributed by atoms with van der Waals surface area (Å²) < 4.78 is 37.8. The van der Waals surface area contributed by atoms with Crippen LogP contribution in [0.1, 0.15) is 42.8 Å². The van der Waals surface area contributed by atoms with Crippen molar-refractivity contribution in [2.45, 2.75) is 53.7 Å². The van der Waals surface area contributed by atoms with E-state index in [1.165, 1.54) is 11.6 Å². The Morgan fingerprint density at radius 2 is 2.00 bits per heavy atom. The van der Waals surface area contributed by atoms with E-state index >= 15 is 0 Å². The van der Waals surface area contributed by atoms with Gasteiger partial charge in [0.1, 0.15) is 11.5 Å². The third-order valence-electron chi connectivity index (χ3n) is 4.81. The molecular formula is C22H33F2N5O2. The number of alkyl halides is 2. The van der Waals surface area contributed by atoms with Crippen molar-refractivity contribution >= 4 is 5.96 Å². The molecule has 0 aliphatic rings. The monoisotopic (exact) mass is 437 g/mol. The van der Waals surface area contributed by atoms with Crippen LogP contribution in [-0.2, 0) is 20.0 Å². The lowest BCUT2D eigenvalue weighted by Crippen LogP contribution is -2.38. The van der Waals surface area contributed by atoms with Crippen LogP contribution in [0.4, 0.5) is 8.78 Å². The van der Waals surface area contributed by atoms with E-state index in [2.05, 4.69) is 20.7 Å². The van der Waals surface area contributed by atoms with E-state index in [1.54, 1.807) is 12.1 Å². The molecular weight excluding hydrogens is 404 g/mol. The van der Waals surface area contributed by atoms with Crippen molar-refractivity contribution in [2.24, 2.45) is 12.0 Å². The summed E-state index contributed by atoms with van der Waals surface area (Å²) in [5, 5.41) is 10.9. The Morgan fingerprint density at radius 1 is 1.23 bits per heavy atom. The molecule has 31 heavy (non-hydrogen) atoms. The fraction of sp³-hybridized carbons (Fsp3) is 0.545. The Kier molecular flexibility index (Phi) is 9.55. The van der Waals surface area contributed by atoms with Gasteiger partial charge in [0.2, 0.25) is 0 Å². The van der Waals surface area contributed by atoms with Gasteiger partial charge in [-0.2, -0.15) is 13.9 Å². The SMILES string of the molecule is CCCOc1ccc(CN=C(NCC)NCCc2c(C)nn(C)c2C)c(OC(F)F)c1. The number of hydrogen-bond acceptors (Lipinski definition) is 4. The average Bonchev–Trinajstić information content (AvgIpc) is 2.96. The zero-order valence-electron chi connectivity index (χ0n) is 19.0.